The van der Waals surface area contributed by atoms with Gasteiger partial charge in [-0.15, -0.1) is 0 Å². The van der Waals surface area contributed by atoms with Crippen molar-refractivity contribution in [3.63, 3.8) is 0 Å². The lowest BCUT2D eigenvalue weighted by molar-refractivity contribution is -0.115. The number of carbonyl (C=O) groups excluding carboxylic acids is 2. The number of thioether (sulfide) groups is 1. The molecular formula is C22H16N4O2S3. The molecule has 0 radical (unpaired) electrons. The van der Waals surface area contributed by atoms with Gasteiger partial charge in [0.1, 0.15) is 0 Å². The maximum absolute atomic E-state index is 13.1. The molecular weight excluding hydrogens is 448 g/mol. The molecule has 0 atom stereocenters. The Hall–Kier alpha value is -2.75. The number of carbonyl (C=O) groups is 2. The Morgan fingerprint density at radius 3 is 1.42 bits per heavy atom. The molecule has 6 nitrogen and oxygen atoms in total. The van der Waals surface area contributed by atoms with Crippen LogP contribution < -0.4 is 10.0 Å². The summed E-state index contributed by atoms with van der Waals surface area (Å²) in [6, 6.07) is 18.7. The molecule has 0 bridgehead atoms. The third kappa shape index (κ3) is 3.52. The zero-order valence-corrected chi connectivity index (χ0v) is 19.1. The molecule has 31 heavy (non-hydrogen) atoms. The maximum Gasteiger partial charge on any atom is 0.282 e. The topological polar surface area (TPSA) is 65.3 Å². The zero-order valence-electron chi connectivity index (χ0n) is 16.6. The molecule has 0 spiro atoms. The monoisotopic (exact) mass is 464 g/mol. The first-order chi connectivity index (χ1) is 15.0. The Balaban J connectivity index is 1.45. The van der Waals surface area contributed by atoms with Crippen LogP contribution in [0.5, 0.6) is 0 Å². The minimum atomic E-state index is -0.153. The van der Waals surface area contributed by atoms with Crippen molar-refractivity contribution in [2.45, 2.75) is 13.8 Å². The van der Waals surface area contributed by atoms with Crippen LogP contribution in [0.4, 0.5) is 11.4 Å². The Bertz CT molecular complexity index is 1120. The van der Waals surface area contributed by atoms with Gasteiger partial charge in [-0.2, -0.15) is 20.2 Å². The van der Waals surface area contributed by atoms with E-state index < -0.39 is 0 Å². The number of hydrogen-bond donors (Lipinski definition) is 0. The third-order valence-electron chi connectivity index (χ3n) is 4.82. The van der Waals surface area contributed by atoms with Gasteiger partial charge in [0, 0.05) is 0 Å². The number of hydrogen-bond acceptors (Lipinski definition) is 7. The van der Waals surface area contributed by atoms with Crippen molar-refractivity contribution in [3.05, 3.63) is 80.3 Å². The fourth-order valence-electron chi connectivity index (χ4n) is 3.35. The van der Waals surface area contributed by atoms with Crippen LogP contribution in [0.2, 0.25) is 0 Å². The fourth-order valence-corrected chi connectivity index (χ4v) is 8.09. The van der Waals surface area contributed by atoms with Crippen LogP contribution in [-0.2, 0) is 9.59 Å². The van der Waals surface area contributed by atoms with E-state index in [-0.39, 0.29) is 11.8 Å². The van der Waals surface area contributed by atoms with Crippen LogP contribution in [0.25, 0.3) is 0 Å². The van der Waals surface area contributed by atoms with Crippen LogP contribution >= 0.6 is 33.3 Å². The molecule has 3 heterocycles. The molecule has 1 saturated heterocycles. The van der Waals surface area contributed by atoms with E-state index in [1.165, 1.54) is 43.4 Å². The van der Waals surface area contributed by atoms with E-state index in [4.69, 9.17) is 0 Å². The largest absolute Gasteiger partial charge is 0.282 e. The first kappa shape index (κ1) is 20.2. The average Bonchev–Trinajstić information content (AvgIpc) is 3.45. The van der Waals surface area contributed by atoms with E-state index in [2.05, 4.69) is 10.2 Å². The summed E-state index contributed by atoms with van der Waals surface area (Å²) < 4.78 is 1.69. The summed E-state index contributed by atoms with van der Waals surface area (Å²) in [6.07, 6.45) is 0. The van der Waals surface area contributed by atoms with Crippen molar-refractivity contribution in [1.29, 1.82) is 0 Å². The second kappa shape index (κ2) is 8.07. The van der Waals surface area contributed by atoms with Crippen LogP contribution in [0, 0.1) is 0 Å². The molecule has 0 unspecified atom stereocenters. The highest BCUT2D eigenvalue weighted by Crippen LogP contribution is 2.60. The second-order valence-corrected chi connectivity index (χ2v) is 10.6. The molecule has 2 aromatic carbocycles. The van der Waals surface area contributed by atoms with Gasteiger partial charge in [-0.05, 0) is 59.7 Å². The van der Waals surface area contributed by atoms with E-state index >= 15 is 0 Å². The van der Waals surface area contributed by atoms with Gasteiger partial charge in [-0.1, -0.05) is 48.2 Å². The fraction of sp³-hybridized carbons (Fsp3) is 0.0909. The SMILES string of the molecule is CC1=NN(c2ccccc2)C(=O)/C1=C1/SS/C(=C2/C(=O)N(c3ccccc3)N=C2C)S1. The van der Waals surface area contributed by atoms with Crippen LogP contribution in [0.15, 0.2) is 90.5 Å². The number of hydrazone groups is 2. The quantitative estimate of drug-likeness (QED) is 0.441. The molecule has 2 amide bonds. The first-order valence-electron chi connectivity index (χ1n) is 9.45. The van der Waals surface area contributed by atoms with Crippen molar-refractivity contribution in [1.82, 2.24) is 0 Å². The molecule has 5 rings (SSSR count). The van der Waals surface area contributed by atoms with Gasteiger partial charge in [0.15, 0.2) is 0 Å². The molecule has 2 aromatic rings. The van der Waals surface area contributed by atoms with Gasteiger partial charge < -0.3 is 0 Å². The van der Waals surface area contributed by atoms with Crippen LogP contribution in [-0.4, -0.2) is 23.2 Å². The maximum atomic E-state index is 13.1. The number of anilines is 2. The van der Waals surface area contributed by atoms with Crippen molar-refractivity contribution in [2.24, 2.45) is 10.2 Å². The minimum Gasteiger partial charge on any atom is -0.267 e. The van der Waals surface area contributed by atoms with Gasteiger partial charge in [-0.25, -0.2) is 0 Å². The molecule has 9 heteroatoms. The molecule has 154 valence electrons. The average molecular weight is 465 g/mol. The predicted molar refractivity (Wildman–Crippen MR) is 131 cm³/mol. The predicted octanol–water partition coefficient (Wildman–Crippen LogP) is 5.38. The van der Waals surface area contributed by atoms with Gasteiger partial charge in [0.2, 0.25) is 0 Å². The molecule has 0 saturated carbocycles. The summed E-state index contributed by atoms with van der Waals surface area (Å²) in [5, 5.41) is 11.8. The Morgan fingerprint density at radius 2 is 1.03 bits per heavy atom. The lowest BCUT2D eigenvalue weighted by Crippen LogP contribution is -2.21. The van der Waals surface area contributed by atoms with E-state index in [0.717, 1.165) is 19.8 Å². The van der Waals surface area contributed by atoms with Gasteiger partial charge in [-0.3, -0.25) is 9.59 Å². The molecule has 3 aliphatic rings. The lowest BCUT2D eigenvalue weighted by atomic mass is 10.2. The van der Waals surface area contributed by atoms with Crippen LogP contribution in [0.1, 0.15) is 13.8 Å². The van der Waals surface area contributed by atoms with Gasteiger partial charge in [0.25, 0.3) is 11.8 Å². The third-order valence-corrected chi connectivity index (χ3v) is 9.28. The normalized spacial score (nSPS) is 23.7. The molecule has 0 aliphatic carbocycles. The zero-order chi connectivity index (χ0) is 21.5. The number of rotatable bonds is 2. The van der Waals surface area contributed by atoms with Crippen molar-refractivity contribution >= 4 is 68.0 Å². The highest BCUT2D eigenvalue weighted by atomic mass is 33.1. The molecule has 1 fully saturated rings. The summed E-state index contributed by atoms with van der Waals surface area (Å²) in [6.45, 7) is 3.68. The first-order valence-corrected chi connectivity index (χ1v) is 12.4. The Kier molecular flexibility index (Phi) is 5.25. The smallest absolute Gasteiger partial charge is 0.267 e. The number of nitrogens with zero attached hydrogens (tertiary/aromatic N) is 4. The molecule has 0 N–H and O–H groups in total. The van der Waals surface area contributed by atoms with E-state index in [1.807, 2.05) is 74.5 Å². The summed E-state index contributed by atoms with van der Waals surface area (Å²) in [5.41, 5.74) is 3.97. The minimum absolute atomic E-state index is 0.153. The van der Waals surface area contributed by atoms with E-state index in [9.17, 15) is 9.59 Å². The number of para-hydroxylation sites is 2. The highest BCUT2D eigenvalue weighted by Gasteiger charge is 2.38. The number of benzene rings is 2. The van der Waals surface area contributed by atoms with Crippen molar-refractivity contribution < 1.29 is 9.59 Å². The molecule has 3 aliphatic heterocycles. The van der Waals surface area contributed by atoms with Crippen molar-refractivity contribution in [3.8, 4) is 0 Å². The summed E-state index contributed by atoms with van der Waals surface area (Å²) in [7, 11) is 2.98. The lowest BCUT2D eigenvalue weighted by Gasteiger charge is -2.11. The van der Waals surface area contributed by atoms with Crippen LogP contribution in [0.3, 0.4) is 0 Å². The second-order valence-electron chi connectivity index (χ2n) is 6.87. The summed E-state index contributed by atoms with van der Waals surface area (Å²) in [5.74, 6) is -0.306. The van der Waals surface area contributed by atoms with Crippen molar-refractivity contribution in [2.75, 3.05) is 10.0 Å². The Labute approximate surface area is 191 Å². The number of amides is 2. The standard InChI is InChI=1S/C22H16N4O2S3/c1-13-17(19(27)25(23-13)15-9-5-3-6-10-15)21-29-22(31-30-21)18-14(2)24-26(20(18)28)16-11-7-4-8-12-16/h3-12H,1-2H3/b21-17+,22-18+. The van der Waals surface area contributed by atoms with Gasteiger partial charge >= 0.3 is 0 Å². The molecule has 0 aromatic heterocycles. The summed E-state index contributed by atoms with van der Waals surface area (Å²) >= 11 is 1.44. The van der Waals surface area contributed by atoms with Gasteiger partial charge in [0.05, 0.1) is 42.4 Å². The van der Waals surface area contributed by atoms with E-state index in [1.54, 1.807) is 0 Å². The Morgan fingerprint density at radius 1 is 0.645 bits per heavy atom. The van der Waals surface area contributed by atoms with E-state index in [0.29, 0.717) is 22.6 Å². The summed E-state index contributed by atoms with van der Waals surface area (Å²) in [4.78, 5) is 26.2. The highest BCUT2D eigenvalue weighted by molar-refractivity contribution is 8.86.